The smallest absolute Gasteiger partial charge is 0.388 e. The summed E-state index contributed by atoms with van der Waals surface area (Å²) < 4.78 is 62.6. The molecule has 1 rings (SSSR count). The maximum absolute atomic E-state index is 13.6. The normalized spacial score (nSPS) is 13.7. The minimum absolute atomic E-state index is 0.140. The van der Waals surface area contributed by atoms with E-state index in [-0.39, 0.29) is 18.4 Å². The van der Waals surface area contributed by atoms with Gasteiger partial charge >= 0.3 is 6.18 Å². The van der Waals surface area contributed by atoms with Crippen LogP contribution >= 0.6 is 0 Å². The second-order valence-electron chi connectivity index (χ2n) is 4.12. The number of halogens is 5. The number of rotatable bonds is 4. The summed E-state index contributed by atoms with van der Waals surface area (Å²) in [4.78, 5) is 0. The van der Waals surface area contributed by atoms with E-state index in [0.29, 0.717) is 0 Å². The van der Waals surface area contributed by atoms with E-state index in [1.165, 1.54) is 13.0 Å². The number of hydrogen-bond donors (Lipinski definition) is 1. The van der Waals surface area contributed by atoms with Gasteiger partial charge in [0.15, 0.2) is 0 Å². The number of hydrogen-bond acceptors (Lipinski definition) is 1. The summed E-state index contributed by atoms with van der Waals surface area (Å²) in [6, 6.07) is 2.19. The molecule has 1 atom stereocenters. The molecule has 1 nitrogen and oxygen atoms in total. The summed E-state index contributed by atoms with van der Waals surface area (Å²) in [5, 5.41) is 9.56. The van der Waals surface area contributed by atoms with Gasteiger partial charge in [0, 0.05) is 6.42 Å². The third-order valence-corrected chi connectivity index (χ3v) is 2.59. The molecular weight excluding hydrogens is 255 g/mol. The molecule has 6 heteroatoms. The average molecular weight is 268 g/mol. The molecule has 0 saturated carbocycles. The van der Waals surface area contributed by atoms with Crippen molar-refractivity contribution < 1.29 is 27.1 Å². The van der Waals surface area contributed by atoms with Gasteiger partial charge in [-0.05, 0) is 31.4 Å². The predicted octanol–water partition coefficient (Wildman–Crippen LogP) is 4.04. The lowest BCUT2D eigenvalue weighted by Gasteiger charge is -2.14. The molecule has 0 aliphatic carbocycles. The first-order valence-corrected chi connectivity index (χ1v) is 5.41. The van der Waals surface area contributed by atoms with Crippen LogP contribution in [0.25, 0.3) is 0 Å². The molecule has 0 aliphatic rings. The highest BCUT2D eigenvalue weighted by Gasteiger charge is 2.27. The largest absolute Gasteiger partial charge is 0.389 e. The third-order valence-electron chi connectivity index (χ3n) is 2.59. The second-order valence-corrected chi connectivity index (χ2v) is 4.12. The molecular formula is C12H13F5O. The van der Waals surface area contributed by atoms with Crippen LogP contribution in [0, 0.1) is 18.6 Å². The Morgan fingerprint density at radius 2 is 1.83 bits per heavy atom. The van der Waals surface area contributed by atoms with Crippen LogP contribution in [0.2, 0.25) is 0 Å². The van der Waals surface area contributed by atoms with Crippen LogP contribution in [0.5, 0.6) is 0 Å². The van der Waals surface area contributed by atoms with E-state index in [4.69, 9.17) is 0 Å². The number of aliphatic hydroxyl groups excluding tert-OH is 1. The fourth-order valence-corrected chi connectivity index (χ4v) is 1.62. The monoisotopic (exact) mass is 268 g/mol. The number of alkyl halides is 3. The molecule has 1 aromatic rings. The molecule has 102 valence electrons. The zero-order valence-corrected chi connectivity index (χ0v) is 9.69. The Morgan fingerprint density at radius 3 is 2.39 bits per heavy atom. The van der Waals surface area contributed by atoms with Crippen LogP contribution < -0.4 is 0 Å². The standard InChI is InChI=1S/C12H13F5O/c1-7-4-5-8(13)10(11(7)14)9(18)3-2-6-12(15,16)17/h4-5,9,18H,2-3,6H2,1H3. The Balaban J connectivity index is 2.73. The van der Waals surface area contributed by atoms with Crippen molar-refractivity contribution in [3.05, 3.63) is 34.9 Å². The highest BCUT2D eigenvalue weighted by atomic mass is 19.4. The summed E-state index contributed by atoms with van der Waals surface area (Å²) in [5.41, 5.74) is -0.418. The van der Waals surface area contributed by atoms with Gasteiger partial charge in [-0.2, -0.15) is 13.2 Å². The lowest BCUT2D eigenvalue weighted by atomic mass is 10.0. The van der Waals surface area contributed by atoms with Crippen molar-refractivity contribution in [1.82, 2.24) is 0 Å². The van der Waals surface area contributed by atoms with E-state index < -0.39 is 35.9 Å². The first-order valence-electron chi connectivity index (χ1n) is 5.41. The highest BCUT2D eigenvalue weighted by Crippen LogP contribution is 2.29. The van der Waals surface area contributed by atoms with Crippen molar-refractivity contribution in [2.45, 2.75) is 38.5 Å². The second kappa shape index (κ2) is 5.65. The number of benzene rings is 1. The van der Waals surface area contributed by atoms with Gasteiger partial charge in [0.25, 0.3) is 0 Å². The van der Waals surface area contributed by atoms with Crippen molar-refractivity contribution in [3.63, 3.8) is 0 Å². The Kier molecular flexibility index (Phi) is 4.67. The lowest BCUT2D eigenvalue weighted by Crippen LogP contribution is -2.10. The molecule has 1 aromatic carbocycles. The maximum atomic E-state index is 13.6. The molecule has 0 bridgehead atoms. The fraction of sp³-hybridized carbons (Fsp3) is 0.500. The molecule has 0 heterocycles. The molecule has 0 saturated heterocycles. The summed E-state index contributed by atoms with van der Waals surface area (Å²) >= 11 is 0. The van der Waals surface area contributed by atoms with E-state index in [1.807, 2.05) is 0 Å². The van der Waals surface area contributed by atoms with Crippen molar-refractivity contribution in [3.8, 4) is 0 Å². The van der Waals surface area contributed by atoms with Gasteiger partial charge in [0.1, 0.15) is 11.6 Å². The zero-order valence-electron chi connectivity index (χ0n) is 9.69. The molecule has 0 aliphatic heterocycles. The van der Waals surface area contributed by atoms with Crippen LogP contribution in [-0.2, 0) is 0 Å². The first kappa shape index (κ1) is 14.9. The van der Waals surface area contributed by atoms with Crippen LogP contribution in [-0.4, -0.2) is 11.3 Å². The van der Waals surface area contributed by atoms with Gasteiger partial charge in [-0.25, -0.2) is 8.78 Å². The Bertz CT molecular complexity index is 414. The molecule has 0 radical (unpaired) electrons. The van der Waals surface area contributed by atoms with Gasteiger partial charge < -0.3 is 5.11 Å². The summed E-state index contributed by atoms with van der Waals surface area (Å²) in [7, 11) is 0. The van der Waals surface area contributed by atoms with E-state index in [2.05, 4.69) is 0 Å². The van der Waals surface area contributed by atoms with E-state index in [9.17, 15) is 27.1 Å². The van der Waals surface area contributed by atoms with E-state index >= 15 is 0 Å². The Morgan fingerprint density at radius 1 is 1.22 bits per heavy atom. The molecule has 1 N–H and O–H groups in total. The zero-order chi connectivity index (χ0) is 13.9. The number of aliphatic hydroxyl groups is 1. The van der Waals surface area contributed by atoms with Gasteiger partial charge in [-0.15, -0.1) is 0 Å². The van der Waals surface area contributed by atoms with Gasteiger partial charge in [-0.3, -0.25) is 0 Å². The number of aryl methyl sites for hydroxylation is 1. The lowest BCUT2D eigenvalue weighted by molar-refractivity contribution is -0.136. The summed E-state index contributed by atoms with van der Waals surface area (Å²) in [6.07, 6.45) is -7.69. The molecule has 1 unspecified atom stereocenters. The van der Waals surface area contributed by atoms with Crippen molar-refractivity contribution in [2.24, 2.45) is 0 Å². The predicted molar refractivity (Wildman–Crippen MR) is 56.0 cm³/mol. The summed E-state index contributed by atoms with van der Waals surface area (Å²) in [5.74, 6) is -1.85. The van der Waals surface area contributed by atoms with Crippen molar-refractivity contribution in [2.75, 3.05) is 0 Å². The molecule has 0 amide bonds. The van der Waals surface area contributed by atoms with E-state index in [0.717, 1.165) is 6.07 Å². The Hall–Kier alpha value is -1.17. The summed E-state index contributed by atoms with van der Waals surface area (Å²) in [6.45, 7) is 1.39. The maximum Gasteiger partial charge on any atom is 0.389 e. The van der Waals surface area contributed by atoms with Crippen molar-refractivity contribution >= 4 is 0 Å². The van der Waals surface area contributed by atoms with E-state index in [1.54, 1.807) is 0 Å². The minimum Gasteiger partial charge on any atom is -0.388 e. The third kappa shape index (κ3) is 3.94. The van der Waals surface area contributed by atoms with Crippen LogP contribution in [0.15, 0.2) is 12.1 Å². The quantitative estimate of drug-likeness (QED) is 0.817. The van der Waals surface area contributed by atoms with Crippen molar-refractivity contribution in [1.29, 1.82) is 0 Å². The highest BCUT2D eigenvalue weighted by molar-refractivity contribution is 5.28. The van der Waals surface area contributed by atoms with Crippen LogP contribution in [0.1, 0.15) is 36.5 Å². The van der Waals surface area contributed by atoms with Crippen LogP contribution in [0.4, 0.5) is 22.0 Å². The van der Waals surface area contributed by atoms with Gasteiger partial charge in [0.2, 0.25) is 0 Å². The molecule has 0 aromatic heterocycles. The molecule has 0 fully saturated rings. The van der Waals surface area contributed by atoms with Crippen LogP contribution in [0.3, 0.4) is 0 Å². The molecule has 18 heavy (non-hydrogen) atoms. The fourth-order valence-electron chi connectivity index (χ4n) is 1.62. The SMILES string of the molecule is Cc1ccc(F)c(C(O)CCCC(F)(F)F)c1F. The first-order chi connectivity index (χ1) is 8.22. The molecule has 0 spiro atoms. The van der Waals surface area contributed by atoms with Gasteiger partial charge in [0.05, 0.1) is 11.7 Å². The Labute approximate surface area is 101 Å². The minimum atomic E-state index is -4.33. The topological polar surface area (TPSA) is 20.2 Å². The average Bonchev–Trinajstić information content (AvgIpc) is 2.22. The van der Waals surface area contributed by atoms with Gasteiger partial charge in [-0.1, -0.05) is 6.07 Å².